The fourth-order valence-electron chi connectivity index (χ4n) is 4.40. The molecule has 0 aromatic heterocycles. The first-order valence-corrected chi connectivity index (χ1v) is 11.0. The Labute approximate surface area is 178 Å². The second-order valence-electron chi connectivity index (χ2n) is 7.94. The zero-order valence-corrected chi connectivity index (χ0v) is 18.1. The van der Waals surface area contributed by atoms with E-state index >= 15 is 0 Å². The van der Waals surface area contributed by atoms with Crippen molar-refractivity contribution >= 4 is 17.7 Å². The summed E-state index contributed by atoms with van der Waals surface area (Å²) in [6, 6.07) is 5.38. The monoisotopic (exact) mass is 416 g/mol. The number of benzene rings is 1. The molecule has 1 aliphatic carbocycles. The normalized spacial score (nSPS) is 21.9. The number of fused-ring (bicyclic) bond motifs is 1. The van der Waals surface area contributed by atoms with Crippen molar-refractivity contribution in [3.05, 3.63) is 23.8 Å². The Morgan fingerprint density at radius 2 is 1.67 bits per heavy atom. The maximum Gasteiger partial charge on any atom is 0.233 e. The van der Waals surface area contributed by atoms with Gasteiger partial charge in [0.25, 0.3) is 0 Å². The molecule has 1 saturated carbocycles. The van der Waals surface area contributed by atoms with E-state index in [1.54, 1.807) is 0 Å². The van der Waals surface area contributed by atoms with E-state index in [1.807, 2.05) is 39.0 Å². The quantitative estimate of drug-likeness (QED) is 0.625. The van der Waals surface area contributed by atoms with Crippen molar-refractivity contribution in [2.24, 2.45) is 11.8 Å². The summed E-state index contributed by atoms with van der Waals surface area (Å²) in [6.07, 6.45) is 3.68. The van der Waals surface area contributed by atoms with Crippen LogP contribution in [0.3, 0.4) is 0 Å². The van der Waals surface area contributed by atoms with Gasteiger partial charge in [-0.05, 0) is 51.3 Å². The molecule has 164 valence electrons. The first-order chi connectivity index (χ1) is 14.5. The molecule has 1 saturated heterocycles. The molecule has 1 heterocycles. The molecule has 30 heavy (non-hydrogen) atoms. The lowest BCUT2D eigenvalue weighted by molar-refractivity contribution is -0.140. The molecule has 0 unspecified atom stereocenters. The van der Waals surface area contributed by atoms with Gasteiger partial charge in [0.2, 0.25) is 17.7 Å². The van der Waals surface area contributed by atoms with Crippen molar-refractivity contribution in [1.82, 2.24) is 10.2 Å². The number of carbonyl (C=O) groups is 3. The fraction of sp³-hybridized carbons (Fsp3) is 0.609. The molecule has 1 aliphatic heterocycles. The molecule has 2 aliphatic rings. The first-order valence-electron chi connectivity index (χ1n) is 11.0. The average Bonchev–Trinajstić information content (AvgIpc) is 2.98. The second-order valence-corrected chi connectivity index (χ2v) is 7.94. The largest absolute Gasteiger partial charge is 0.490 e. The van der Waals surface area contributed by atoms with Crippen LogP contribution in [0.4, 0.5) is 0 Å². The molecule has 1 aromatic carbocycles. The van der Waals surface area contributed by atoms with Gasteiger partial charge in [-0.1, -0.05) is 18.9 Å². The molecule has 7 heteroatoms. The third-order valence-corrected chi connectivity index (χ3v) is 5.94. The summed E-state index contributed by atoms with van der Waals surface area (Å²) in [5, 5.41) is 2.95. The summed E-state index contributed by atoms with van der Waals surface area (Å²) >= 11 is 0. The maximum atomic E-state index is 12.5. The summed E-state index contributed by atoms with van der Waals surface area (Å²) in [4.78, 5) is 38.9. The lowest BCUT2D eigenvalue weighted by Crippen LogP contribution is -2.36. The highest BCUT2D eigenvalue weighted by Crippen LogP contribution is 2.38. The number of nitrogens with zero attached hydrogens (tertiary/aromatic N) is 1. The van der Waals surface area contributed by atoms with Gasteiger partial charge in [-0.2, -0.15) is 0 Å². The zero-order valence-electron chi connectivity index (χ0n) is 18.1. The van der Waals surface area contributed by atoms with Crippen molar-refractivity contribution in [3.8, 4) is 11.5 Å². The summed E-state index contributed by atoms with van der Waals surface area (Å²) in [6.45, 7) is 6.92. The minimum atomic E-state index is -0.236. The molecule has 7 nitrogen and oxygen atoms in total. The molecule has 0 radical (unpaired) electrons. The molecule has 3 amide bonds. The Morgan fingerprint density at radius 3 is 2.27 bits per heavy atom. The van der Waals surface area contributed by atoms with Crippen LogP contribution in [0.2, 0.25) is 0 Å². The molecule has 1 aromatic rings. The molecule has 2 fully saturated rings. The van der Waals surface area contributed by atoms with E-state index in [2.05, 4.69) is 5.32 Å². The fourth-order valence-corrected chi connectivity index (χ4v) is 4.40. The number of nitrogens with one attached hydrogen (secondary N) is 1. The van der Waals surface area contributed by atoms with Crippen LogP contribution in [-0.4, -0.2) is 42.4 Å². The van der Waals surface area contributed by atoms with Crippen LogP contribution in [-0.2, 0) is 14.4 Å². The Hall–Kier alpha value is -2.57. The number of likely N-dealkylation sites (tertiary alicyclic amines) is 1. The predicted octanol–water partition coefficient (Wildman–Crippen LogP) is 3.23. The molecule has 1 N–H and O–H groups in total. The smallest absolute Gasteiger partial charge is 0.233 e. The molecular weight excluding hydrogens is 384 g/mol. The summed E-state index contributed by atoms with van der Waals surface area (Å²) in [5.41, 5.74) is 0.898. The molecule has 0 bridgehead atoms. The van der Waals surface area contributed by atoms with E-state index in [0.29, 0.717) is 24.7 Å². The van der Waals surface area contributed by atoms with E-state index in [0.717, 1.165) is 31.2 Å². The highest BCUT2D eigenvalue weighted by atomic mass is 16.5. The van der Waals surface area contributed by atoms with Gasteiger partial charge in [0, 0.05) is 13.0 Å². The van der Waals surface area contributed by atoms with Gasteiger partial charge >= 0.3 is 0 Å². The standard InChI is InChI=1S/C23H32N2O5/c1-4-29-19-11-10-16(14-20(19)30-5-2)15(3)24-21(26)12-13-25-22(27)17-8-6-7-9-18(17)23(25)28/h10-11,14-15,17-18H,4-9,12-13H2,1-3H3,(H,24,26)/t15-,17-,18+/m0/s1. The molecule has 3 rings (SSSR count). The van der Waals surface area contributed by atoms with Crippen LogP contribution in [0, 0.1) is 11.8 Å². The summed E-state index contributed by atoms with van der Waals surface area (Å²) < 4.78 is 11.2. The zero-order chi connectivity index (χ0) is 21.7. The number of hydrogen-bond donors (Lipinski definition) is 1. The number of carbonyl (C=O) groups excluding carboxylic acids is 3. The van der Waals surface area contributed by atoms with Gasteiger partial charge in [-0.15, -0.1) is 0 Å². The number of amides is 3. The van der Waals surface area contributed by atoms with Crippen molar-refractivity contribution in [1.29, 1.82) is 0 Å². The maximum absolute atomic E-state index is 12.5. The van der Waals surface area contributed by atoms with Crippen LogP contribution in [0.5, 0.6) is 11.5 Å². The average molecular weight is 417 g/mol. The van der Waals surface area contributed by atoms with Crippen molar-refractivity contribution in [3.63, 3.8) is 0 Å². The van der Waals surface area contributed by atoms with Crippen LogP contribution in [0.1, 0.15) is 64.5 Å². The Bertz CT molecular complexity index is 770. The molecular formula is C23H32N2O5. The predicted molar refractivity (Wildman–Crippen MR) is 112 cm³/mol. The van der Waals surface area contributed by atoms with E-state index in [1.165, 1.54) is 4.90 Å². The third kappa shape index (κ3) is 4.77. The Morgan fingerprint density at radius 1 is 1.07 bits per heavy atom. The number of imide groups is 1. The third-order valence-electron chi connectivity index (χ3n) is 5.94. The minimum absolute atomic E-state index is 0.0987. The van der Waals surface area contributed by atoms with Crippen LogP contribution < -0.4 is 14.8 Å². The van der Waals surface area contributed by atoms with Gasteiger partial charge in [0.15, 0.2) is 11.5 Å². The van der Waals surface area contributed by atoms with Crippen LogP contribution >= 0.6 is 0 Å². The van der Waals surface area contributed by atoms with Gasteiger partial charge in [0.1, 0.15) is 0 Å². The minimum Gasteiger partial charge on any atom is -0.490 e. The van der Waals surface area contributed by atoms with Crippen LogP contribution in [0.25, 0.3) is 0 Å². The van der Waals surface area contributed by atoms with Gasteiger partial charge < -0.3 is 14.8 Å². The van der Waals surface area contributed by atoms with E-state index in [-0.39, 0.29) is 48.6 Å². The van der Waals surface area contributed by atoms with E-state index in [4.69, 9.17) is 9.47 Å². The van der Waals surface area contributed by atoms with Crippen molar-refractivity contribution < 1.29 is 23.9 Å². The summed E-state index contributed by atoms with van der Waals surface area (Å²) in [7, 11) is 0. The molecule has 3 atom stereocenters. The number of ether oxygens (including phenoxy) is 2. The van der Waals surface area contributed by atoms with E-state index < -0.39 is 0 Å². The number of rotatable bonds is 9. The topological polar surface area (TPSA) is 84.9 Å². The lowest BCUT2D eigenvalue weighted by atomic mass is 9.81. The highest BCUT2D eigenvalue weighted by molar-refractivity contribution is 6.05. The van der Waals surface area contributed by atoms with Crippen LogP contribution in [0.15, 0.2) is 18.2 Å². The number of hydrogen-bond acceptors (Lipinski definition) is 5. The Balaban J connectivity index is 1.56. The van der Waals surface area contributed by atoms with E-state index in [9.17, 15) is 14.4 Å². The Kier molecular flexibility index (Phi) is 7.34. The van der Waals surface area contributed by atoms with Gasteiger partial charge in [-0.3, -0.25) is 19.3 Å². The first kappa shape index (κ1) is 22.1. The second kappa shape index (κ2) is 9.96. The van der Waals surface area contributed by atoms with Gasteiger partial charge in [-0.25, -0.2) is 0 Å². The molecule has 0 spiro atoms. The van der Waals surface area contributed by atoms with Crippen molar-refractivity contribution in [2.75, 3.05) is 19.8 Å². The van der Waals surface area contributed by atoms with Gasteiger partial charge in [0.05, 0.1) is 31.1 Å². The highest BCUT2D eigenvalue weighted by Gasteiger charge is 2.47. The lowest BCUT2D eigenvalue weighted by Gasteiger charge is -2.19. The summed E-state index contributed by atoms with van der Waals surface area (Å²) in [5.74, 6) is 0.591. The SMILES string of the molecule is CCOc1ccc([C@H](C)NC(=O)CCN2C(=O)[C@H]3CCCC[C@H]3C2=O)cc1OCC. The van der Waals surface area contributed by atoms with Crippen molar-refractivity contribution in [2.45, 2.75) is 58.9 Å².